The lowest BCUT2D eigenvalue weighted by molar-refractivity contribution is -0.131. The minimum absolute atomic E-state index is 0.121. The summed E-state index contributed by atoms with van der Waals surface area (Å²) in [5.41, 5.74) is 5.62. The van der Waals surface area contributed by atoms with E-state index in [9.17, 15) is 9.59 Å². The molecule has 1 aromatic heterocycles. The third-order valence-electron chi connectivity index (χ3n) is 7.45. The van der Waals surface area contributed by atoms with Crippen LogP contribution in [0.15, 0.2) is 72.8 Å². The monoisotopic (exact) mass is 478 g/mol. The van der Waals surface area contributed by atoms with Crippen molar-refractivity contribution in [3.05, 3.63) is 78.4 Å². The van der Waals surface area contributed by atoms with Gasteiger partial charge in [0, 0.05) is 38.2 Å². The Labute approximate surface area is 211 Å². The van der Waals surface area contributed by atoms with Gasteiger partial charge in [-0.25, -0.2) is 4.98 Å². The number of imidazole rings is 1. The van der Waals surface area contributed by atoms with Crippen molar-refractivity contribution in [2.24, 2.45) is 11.8 Å². The molecule has 1 N–H and O–H groups in total. The predicted molar refractivity (Wildman–Crippen MR) is 141 cm³/mol. The second kappa shape index (κ2) is 9.26. The Balaban J connectivity index is 1.39. The number of benzene rings is 3. The van der Waals surface area contributed by atoms with Gasteiger partial charge in [-0.1, -0.05) is 60.7 Å². The molecule has 0 unspecified atom stereocenters. The quantitative estimate of drug-likeness (QED) is 0.425. The molecule has 1 aliphatic heterocycles. The van der Waals surface area contributed by atoms with Crippen LogP contribution in [0.1, 0.15) is 29.6 Å². The van der Waals surface area contributed by atoms with Gasteiger partial charge >= 0.3 is 0 Å². The van der Waals surface area contributed by atoms with E-state index in [0.29, 0.717) is 23.9 Å². The van der Waals surface area contributed by atoms with E-state index in [-0.39, 0.29) is 11.8 Å². The number of nitrogens with one attached hydrogen (secondary N) is 1. The molecular weight excluding hydrogens is 448 g/mol. The molecule has 36 heavy (non-hydrogen) atoms. The molecule has 0 bridgehead atoms. The van der Waals surface area contributed by atoms with Gasteiger partial charge in [-0.05, 0) is 48.4 Å². The van der Waals surface area contributed by atoms with Crippen molar-refractivity contribution in [3.63, 3.8) is 0 Å². The summed E-state index contributed by atoms with van der Waals surface area (Å²) in [6.45, 7) is 2.30. The number of hydrogen-bond donors (Lipinski definition) is 1. The molecule has 6 rings (SSSR count). The number of para-hydroxylation sites is 1. The summed E-state index contributed by atoms with van der Waals surface area (Å²) in [7, 11) is 1.66. The highest BCUT2D eigenvalue weighted by atomic mass is 16.2. The Morgan fingerprint density at radius 2 is 1.61 bits per heavy atom. The Hall–Kier alpha value is -3.93. The van der Waals surface area contributed by atoms with Crippen molar-refractivity contribution < 1.29 is 9.59 Å². The van der Waals surface area contributed by atoms with Crippen molar-refractivity contribution in [2.75, 3.05) is 20.1 Å². The Bertz CT molecular complexity index is 1420. The predicted octanol–water partition coefficient (Wildman–Crippen LogP) is 4.99. The van der Waals surface area contributed by atoms with Crippen LogP contribution in [0.4, 0.5) is 0 Å². The second-order valence-electron chi connectivity index (χ2n) is 9.96. The van der Waals surface area contributed by atoms with E-state index in [1.54, 1.807) is 7.05 Å². The first-order valence-corrected chi connectivity index (χ1v) is 12.8. The smallest absolute Gasteiger partial charge is 0.253 e. The zero-order valence-electron chi connectivity index (χ0n) is 20.5. The fourth-order valence-corrected chi connectivity index (χ4v) is 5.37. The molecule has 2 fully saturated rings. The lowest BCUT2D eigenvalue weighted by Crippen LogP contribution is -2.30. The van der Waals surface area contributed by atoms with Crippen molar-refractivity contribution in [1.29, 1.82) is 0 Å². The summed E-state index contributed by atoms with van der Waals surface area (Å²) >= 11 is 0. The minimum Gasteiger partial charge on any atom is -0.355 e. The lowest BCUT2D eigenvalue weighted by atomic mass is 10.0. The average molecular weight is 479 g/mol. The highest BCUT2D eigenvalue weighted by Crippen LogP contribution is 2.35. The molecule has 0 radical (unpaired) electrons. The van der Waals surface area contributed by atoms with Crippen molar-refractivity contribution >= 4 is 22.8 Å². The van der Waals surface area contributed by atoms with Crippen LogP contribution in [-0.2, 0) is 11.3 Å². The lowest BCUT2D eigenvalue weighted by Gasteiger charge is -2.18. The van der Waals surface area contributed by atoms with E-state index in [1.807, 2.05) is 41.3 Å². The highest BCUT2D eigenvalue weighted by molar-refractivity contribution is 6.05. The second-order valence-corrected chi connectivity index (χ2v) is 9.96. The van der Waals surface area contributed by atoms with Crippen LogP contribution >= 0.6 is 0 Å². The van der Waals surface area contributed by atoms with Crippen molar-refractivity contribution in [2.45, 2.75) is 25.8 Å². The summed E-state index contributed by atoms with van der Waals surface area (Å²) in [5.74, 6) is 1.62. The molecule has 6 nitrogen and oxygen atoms in total. The van der Waals surface area contributed by atoms with Crippen LogP contribution in [0.3, 0.4) is 0 Å². The fraction of sp³-hybridized carbons (Fsp3) is 0.300. The van der Waals surface area contributed by atoms with Crippen LogP contribution in [0.25, 0.3) is 33.5 Å². The number of fused-ring (bicyclic) bond motifs is 1. The van der Waals surface area contributed by atoms with E-state index in [1.165, 1.54) is 5.56 Å². The Kier molecular flexibility index (Phi) is 5.80. The van der Waals surface area contributed by atoms with Crippen LogP contribution in [0.5, 0.6) is 0 Å². The van der Waals surface area contributed by atoms with Gasteiger partial charge in [0.05, 0.1) is 16.6 Å². The number of hydrogen-bond acceptors (Lipinski definition) is 3. The molecule has 4 aromatic rings. The summed E-state index contributed by atoms with van der Waals surface area (Å²) in [5, 5.41) is 2.78. The molecular formula is C30H30N4O2. The fourth-order valence-electron chi connectivity index (χ4n) is 5.37. The average Bonchev–Trinajstić information content (AvgIpc) is 3.57. The minimum atomic E-state index is -0.121. The molecule has 1 atom stereocenters. The zero-order chi connectivity index (χ0) is 24.6. The molecule has 2 aliphatic rings. The maximum Gasteiger partial charge on any atom is 0.253 e. The van der Waals surface area contributed by atoms with Gasteiger partial charge < -0.3 is 14.8 Å². The third-order valence-corrected chi connectivity index (χ3v) is 7.45. The maximum atomic E-state index is 12.8. The molecule has 1 saturated carbocycles. The van der Waals surface area contributed by atoms with Crippen LogP contribution in [0.2, 0.25) is 0 Å². The van der Waals surface area contributed by atoms with E-state index in [0.717, 1.165) is 60.3 Å². The van der Waals surface area contributed by atoms with Gasteiger partial charge in [-0.3, -0.25) is 9.59 Å². The van der Waals surface area contributed by atoms with Gasteiger partial charge in [0.15, 0.2) is 0 Å². The zero-order valence-corrected chi connectivity index (χ0v) is 20.5. The van der Waals surface area contributed by atoms with E-state index in [4.69, 9.17) is 4.98 Å². The first kappa shape index (κ1) is 22.5. The number of carbonyl (C=O) groups excluding carboxylic acids is 2. The summed E-state index contributed by atoms with van der Waals surface area (Å²) in [6, 6.07) is 24.5. The first-order valence-electron chi connectivity index (χ1n) is 12.8. The molecule has 1 saturated heterocycles. The molecule has 0 spiro atoms. The van der Waals surface area contributed by atoms with Crippen LogP contribution in [0, 0.1) is 11.8 Å². The topological polar surface area (TPSA) is 67.2 Å². The molecule has 6 heteroatoms. The number of rotatable bonds is 6. The van der Waals surface area contributed by atoms with Crippen LogP contribution in [-0.4, -0.2) is 46.4 Å². The van der Waals surface area contributed by atoms with Crippen molar-refractivity contribution in [3.8, 4) is 22.5 Å². The Morgan fingerprint density at radius 3 is 2.33 bits per heavy atom. The Morgan fingerprint density at radius 1 is 0.889 bits per heavy atom. The largest absolute Gasteiger partial charge is 0.355 e. The summed E-state index contributed by atoms with van der Waals surface area (Å²) < 4.78 is 2.20. The van der Waals surface area contributed by atoms with Gasteiger partial charge in [-0.2, -0.15) is 0 Å². The van der Waals surface area contributed by atoms with E-state index < -0.39 is 0 Å². The number of carbonyl (C=O) groups is 2. The molecule has 1 aliphatic carbocycles. The first-order chi connectivity index (χ1) is 17.6. The van der Waals surface area contributed by atoms with Gasteiger partial charge in [0.1, 0.15) is 5.82 Å². The molecule has 2 amide bonds. The van der Waals surface area contributed by atoms with Crippen LogP contribution < -0.4 is 5.32 Å². The van der Waals surface area contributed by atoms with Gasteiger partial charge in [-0.15, -0.1) is 0 Å². The maximum absolute atomic E-state index is 12.8. The standard InChI is InChI=1S/C30H30N4O2/c1-31-29(35)25-8-5-9-26-27(25)34(19-20-16-17-33(18-20)30(36)24-14-15-24)28(32-26)23-12-10-22(11-13-23)21-6-3-2-4-7-21/h2-13,20,24H,14-19H2,1H3,(H,31,35)/t20-/m1/s1. The van der Waals surface area contributed by atoms with Gasteiger partial charge in [0.25, 0.3) is 5.91 Å². The number of nitrogens with zero attached hydrogens (tertiary/aromatic N) is 3. The summed E-state index contributed by atoms with van der Waals surface area (Å²) in [6.07, 6.45) is 3.03. The molecule has 182 valence electrons. The van der Waals surface area contributed by atoms with E-state index >= 15 is 0 Å². The number of aromatic nitrogens is 2. The summed E-state index contributed by atoms with van der Waals surface area (Å²) in [4.78, 5) is 32.5. The molecule has 2 heterocycles. The van der Waals surface area contributed by atoms with Crippen molar-refractivity contribution in [1.82, 2.24) is 19.8 Å². The normalized spacial score (nSPS) is 17.5. The molecule has 3 aromatic carbocycles. The SMILES string of the molecule is CNC(=O)c1cccc2nc(-c3ccc(-c4ccccc4)cc3)n(C[C@@H]3CCN(C(=O)C4CC4)C3)c12. The highest BCUT2D eigenvalue weighted by Gasteiger charge is 2.37. The third kappa shape index (κ3) is 4.17. The number of amides is 2. The number of likely N-dealkylation sites (tertiary alicyclic amines) is 1. The van der Waals surface area contributed by atoms with Gasteiger partial charge in [0.2, 0.25) is 5.91 Å². The van der Waals surface area contributed by atoms with E-state index in [2.05, 4.69) is 46.3 Å².